The van der Waals surface area contributed by atoms with Crippen LogP contribution in [0.3, 0.4) is 0 Å². The van der Waals surface area contributed by atoms with Crippen LogP contribution in [-0.2, 0) is 4.79 Å². The first-order valence-electron chi connectivity index (χ1n) is 8.40. The second-order valence-corrected chi connectivity index (χ2v) is 5.79. The van der Waals surface area contributed by atoms with E-state index in [1.54, 1.807) is 0 Å². The number of carbonyl (C=O) groups is 2. The highest BCUT2D eigenvalue weighted by atomic mass is 16.6. The van der Waals surface area contributed by atoms with Gasteiger partial charge < -0.3 is 14.2 Å². The minimum absolute atomic E-state index is 0.131. The van der Waals surface area contributed by atoms with E-state index in [-0.39, 0.29) is 41.7 Å². The number of para-hydroxylation sites is 2. The molecule has 0 atom stereocenters. The molecule has 0 fully saturated rings. The molecule has 1 aliphatic rings. The van der Waals surface area contributed by atoms with Crippen molar-refractivity contribution in [1.29, 1.82) is 0 Å². The molecule has 2 amide bonds. The topological polar surface area (TPSA) is 172 Å². The average Bonchev–Trinajstić information content (AvgIpc) is 2.75. The van der Waals surface area contributed by atoms with Gasteiger partial charge in [0.1, 0.15) is 18.8 Å². The molecule has 0 aliphatic carbocycles. The minimum Gasteiger partial charge on any atom is -0.486 e. The van der Waals surface area contributed by atoms with Gasteiger partial charge in [0.05, 0.1) is 15.9 Å². The Morgan fingerprint density at radius 2 is 1.60 bits per heavy atom. The summed E-state index contributed by atoms with van der Waals surface area (Å²) < 4.78 is 15.6. The molecule has 0 aromatic heterocycles. The summed E-state index contributed by atoms with van der Waals surface area (Å²) >= 11 is 0. The first-order chi connectivity index (χ1) is 14.4. The van der Waals surface area contributed by atoms with Gasteiger partial charge in [-0.3, -0.25) is 40.7 Å². The second kappa shape index (κ2) is 8.72. The van der Waals surface area contributed by atoms with Gasteiger partial charge in [-0.1, -0.05) is 12.1 Å². The number of nitrogens with one attached hydrogen (secondary N) is 2. The summed E-state index contributed by atoms with van der Waals surface area (Å²) in [6.07, 6.45) is 0. The molecule has 1 aliphatic heterocycles. The van der Waals surface area contributed by atoms with Crippen LogP contribution < -0.4 is 25.1 Å². The third kappa shape index (κ3) is 4.52. The molecule has 30 heavy (non-hydrogen) atoms. The predicted octanol–water partition coefficient (Wildman–Crippen LogP) is 1.11. The van der Waals surface area contributed by atoms with E-state index in [0.29, 0.717) is 0 Å². The number of hydrogen-bond donors (Lipinski definition) is 2. The van der Waals surface area contributed by atoms with Gasteiger partial charge in [-0.15, -0.1) is 0 Å². The molecule has 2 aromatic rings. The van der Waals surface area contributed by atoms with Crippen molar-refractivity contribution in [1.82, 2.24) is 10.9 Å². The number of carbonyl (C=O) groups excluding carboxylic acids is 2. The Morgan fingerprint density at radius 3 is 2.27 bits per heavy atom. The predicted molar refractivity (Wildman–Crippen MR) is 98.3 cm³/mol. The van der Waals surface area contributed by atoms with Crippen LogP contribution in [0.25, 0.3) is 0 Å². The molecular formula is C17H14N4O9. The summed E-state index contributed by atoms with van der Waals surface area (Å²) in [4.78, 5) is 44.9. The molecule has 0 saturated heterocycles. The highest BCUT2D eigenvalue weighted by molar-refractivity contribution is 5.99. The van der Waals surface area contributed by atoms with Gasteiger partial charge >= 0.3 is 5.69 Å². The van der Waals surface area contributed by atoms with Gasteiger partial charge in [0, 0.05) is 12.1 Å². The van der Waals surface area contributed by atoms with Crippen LogP contribution >= 0.6 is 0 Å². The number of ether oxygens (including phenoxy) is 3. The standard InChI is InChI=1S/C17H14N4O9/c22-16(9-30-13-4-2-1-3-11(13)20(24)25)18-19-17(23)10-7-14-15(29-6-5-28-14)8-12(10)21(26)27/h1-4,7-8H,5-6,9H2,(H,18,22)(H,19,23). The third-order valence-electron chi connectivity index (χ3n) is 3.84. The number of fused-ring (bicyclic) bond motifs is 1. The lowest BCUT2D eigenvalue weighted by Gasteiger charge is -2.18. The number of hydrazine groups is 1. The quantitative estimate of drug-likeness (QED) is 0.515. The van der Waals surface area contributed by atoms with Crippen molar-refractivity contribution in [3.05, 3.63) is 62.2 Å². The van der Waals surface area contributed by atoms with Crippen LogP contribution in [0.1, 0.15) is 10.4 Å². The normalized spacial score (nSPS) is 11.9. The maximum atomic E-state index is 12.3. The molecule has 0 saturated carbocycles. The molecule has 2 aromatic carbocycles. The molecule has 156 valence electrons. The fourth-order valence-electron chi connectivity index (χ4n) is 2.51. The van der Waals surface area contributed by atoms with Crippen LogP contribution in [0.5, 0.6) is 17.2 Å². The fourth-order valence-corrected chi connectivity index (χ4v) is 2.51. The zero-order valence-electron chi connectivity index (χ0n) is 15.2. The summed E-state index contributed by atoms with van der Waals surface area (Å²) in [6.45, 7) is -0.217. The first-order valence-corrected chi connectivity index (χ1v) is 8.40. The number of nitro groups is 2. The molecule has 3 rings (SSSR count). The van der Waals surface area contributed by atoms with Gasteiger partial charge in [-0.2, -0.15) is 0 Å². The smallest absolute Gasteiger partial charge is 0.310 e. The third-order valence-corrected chi connectivity index (χ3v) is 3.84. The van der Waals surface area contributed by atoms with E-state index >= 15 is 0 Å². The largest absolute Gasteiger partial charge is 0.486 e. The lowest BCUT2D eigenvalue weighted by Crippen LogP contribution is -2.44. The molecular weight excluding hydrogens is 404 g/mol. The first kappa shape index (κ1) is 20.3. The van der Waals surface area contributed by atoms with Gasteiger partial charge in [-0.25, -0.2) is 0 Å². The van der Waals surface area contributed by atoms with Gasteiger partial charge in [0.2, 0.25) is 0 Å². The summed E-state index contributed by atoms with van der Waals surface area (Å²) in [5.74, 6) is -1.67. The number of nitrogens with zero attached hydrogens (tertiary/aromatic N) is 2. The lowest BCUT2D eigenvalue weighted by atomic mass is 10.1. The molecule has 13 heteroatoms. The van der Waals surface area contributed by atoms with Crippen molar-refractivity contribution in [2.24, 2.45) is 0 Å². The number of hydrogen-bond acceptors (Lipinski definition) is 9. The lowest BCUT2D eigenvalue weighted by molar-refractivity contribution is -0.385. The van der Waals surface area contributed by atoms with Crippen molar-refractivity contribution >= 4 is 23.2 Å². The van der Waals surface area contributed by atoms with Crippen LogP contribution in [0, 0.1) is 20.2 Å². The highest BCUT2D eigenvalue weighted by Crippen LogP contribution is 2.36. The Kier molecular flexibility index (Phi) is 5.91. The van der Waals surface area contributed by atoms with Crippen LogP contribution in [0.15, 0.2) is 36.4 Å². The molecule has 13 nitrogen and oxygen atoms in total. The van der Waals surface area contributed by atoms with Gasteiger partial charge in [0.15, 0.2) is 23.9 Å². The maximum absolute atomic E-state index is 12.3. The molecule has 0 spiro atoms. The van der Waals surface area contributed by atoms with Crippen molar-refractivity contribution in [2.45, 2.75) is 0 Å². The Hall–Kier alpha value is -4.42. The van der Waals surface area contributed by atoms with E-state index in [0.717, 1.165) is 12.1 Å². The monoisotopic (exact) mass is 418 g/mol. The van der Waals surface area contributed by atoms with Crippen molar-refractivity contribution in [3.63, 3.8) is 0 Å². The highest BCUT2D eigenvalue weighted by Gasteiger charge is 2.26. The van der Waals surface area contributed by atoms with Crippen molar-refractivity contribution in [2.75, 3.05) is 19.8 Å². The number of rotatable bonds is 6. The van der Waals surface area contributed by atoms with Crippen LogP contribution in [-0.4, -0.2) is 41.5 Å². The summed E-state index contributed by atoms with van der Waals surface area (Å²) in [5.41, 5.74) is 2.81. The number of nitro benzene ring substituents is 2. The molecule has 1 heterocycles. The van der Waals surface area contributed by atoms with Crippen LogP contribution in [0.2, 0.25) is 0 Å². The molecule has 2 N–H and O–H groups in total. The van der Waals surface area contributed by atoms with Gasteiger partial charge in [0.25, 0.3) is 17.5 Å². The molecule has 0 radical (unpaired) electrons. The SMILES string of the molecule is O=C(COc1ccccc1[N+](=O)[O-])NNC(=O)c1cc2c(cc1[N+](=O)[O-])OCCO2. The molecule has 0 unspecified atom stereocenters. The molecule has 0 bridgehead atoms. The summed E-state index contributed by atoms with van der Waals surface area (Å²) in [5, 5.41) is 22.2. The van der Waals surface area contributed by atoms with Crippen molar-refractivity contribution < 1.29 is 33.6 Å². The Balaban J connectivity index is 1.64. The Morgan fingerprint density at radius 1 is 0.967 bits per heavy atom. The second-order valence-electron chi connectivity index (χ2n) is 5.79. The van der Waals surface area contributed by atoms with Crippen LogP contribution in [0.4, 0.5) is 11.4 Å². The maximum Gasteiger partial charge on any atom is 0.310 e. The minimum atomic E-state index is -0.974. The van der Waals surface area contributed by atoms with E-state index in [4.69, 9.17) is 14.2 Å². The van der Waals surface area contributed by atoms with E-state index < -0.39 is 34.0 Å². The average molecular weight is 418 g/mol. The van der Waals surface area contributed by atoms with E-state index in [1.807, 2.05) is 10.9 Å². The fraction of sp³-hybridized carbons (Fsp3) is 0.176. The van der Waals surface area contributed by atoms with E-state index in [9.17, 15) is 29.8 Å². The Labute approximate surface area is 167 Å². The zero-order chi connectivity index (χ0) is 21.7. The summed E-state index contributed by atoms with van der Waals surface area (Å²) in [7, 11) is 0. The zero-order valence-corrected chi connectivity index (χ0v) is 15.2. The van der Waals surface area contributed by atoms with Gasteiger partial charge in [-0.05, 0) is 6.07 Å². The van der Waals surface area contributed by atoms with E-state index in [2.05, 4.69) is 0 Å². The van der Waals surface area contributed by atoms with E-state index in [1.165, 1.54) is 24.3 Å². The number of benzene rings is 2. The Bertz CT molecular complexity index is 1020. The number of amides is 2. The van der Waals surface area contributed by atoms with Crippen molar-refractivity contribution in [3.8, 4) is 17.2 Å². The summed E-state index contributed by atoms with van der Waals surface area (Å²) in [6, 6.07) is 7.63.